The summed E-state index contributed by atoms with van der Waals surface area (Å²) in [6.07, 6.45) is 2.70. The van der Waals surface area contributed by atoms with Gasteiger partial charge in [-0.15, -0.1) is 0 Å². The molecule has 5 heteroatoms. The van der Waals surface area contributed by atoms with E-state index in [9.17, 15) is 4.79 Å². The summed E-state index contributed by atoms with van der Waals surface area (Å²) < 4.78 is 10.5. The maximum absolute atomic E-state index is 12.0. The number of ether oxygens (including phenoxy) is 2. The molecule has 1 rings (SSSR count). The van der Waals surface area contributed by atoms with Crippen molar-refractivity contribution in [2.24, 2.45) is 5.73 Å². The standard InChI is InChI=1S/C16H26N2O3/c1-5-6-7-13(17)16(19)18-11(2)12-8-9-14(20-3)15(10-12)21-4/h8-11,13H,5-7,17H2,1-4H3,(H,18,19). The van der Waals surface area contributed by atoms with Gasteiger partial charge in [-0.25, -0.2) is 0 Å². The Morgan fingerprint density at radius 2 is 1.95 bits per heavy atom. The van der Waals surface area contributed by atoms with E-state index in [4.69, 9.17) is 15.2 Å². The van der Waals surface area contributed by atoms with E-state index in [1.165, 1.54) is 0 Å². The molecule has 0 radical (unpaired) electrons. The number of unbranched alkanes of at least 4 members (excludes halogenated alkanes) is 1. The van der Waals surface area contributed by atoms with Gasteiger partial charge in [0, 0.05) is 0 Å². The lowest BCUT2D eigenvalue weighted by Gasteiger charge is -2.19. The highest BCUT2D eigenvalue weighted by Gasteiger charge is 2.17. The zero-order chi connectivity index (χ0) is 15.8. The number of nitrogens with two attached hydrogens (primary N) is 1. The van der Waals surface area contributed by atoms with Crippen LogP contribution >= 0.6 is 0 Å². The smallest absolute Gasteiger partial charge is 0.237 e. The minimum absolute atomic E-state index is 0.120. The molecule has 1 aromatic rings. The predicted molar refractivity (Wildman–Crippen MR) is 83.6 cm³/mol. The van der Waals surface area contributed by atoms with Gasteiger partial charge in [0.05, 0.1) is 26.3 Å². The molecule has 0 saturated heterocycles. The summed E-state index contributed by atoms with van der Waals surface area (Å²) in [6.45, 7) is 4.00. The largest absolute Gasteiger partial charge is 0.493 e. The van der Waals surface area contributed by atoms with E-state index in [1.807, 2.05) is 25.1 Å². The summed E-state index contributed by atoms with van der Waals surface area (Å²) in [7, 11) is 3.18. The maximum Gasteiger partial charge on any atom is 0.237 e. The third-order valence-electron chi connectivity index (χ3n) is 3.47. The molecule has 0 heterocycles. The minimum Gasteiger partial charge on any atom is -0.493 e. The first kappa shape index (κ1) is 17.3. The van der Waals surface area contributed by atoms with Gasteiger partial charge in [0.1, 0.15) is 0 Å². The van der Waals surface area contributed by atoms with Crippen LogP contribution in [0.3, 0.4) is 0 Å². The van der Waals surface area contributed by atoms with Crippen molar-refractivity contribution in [2.75, 3.05) is 14.2 Å². The summed E-state index contributed by atoms with van der Waals surface area (Å²) in [6, 6.07) is 5.01. The molecule has 0 saturated carbocycles. The van der Waals surface area contributed by atoms with E-state index in [0.29, 0.717) is 17.9 Å². The number of hydrogen-bond donors (Lipinski definition) is 2. The first-order chi connectivity index (χ1) is 10.0. The number of rotatable bonds is 8. The first-order valence-corrected chi connectivity index (χ1v) is 7.31. The van der Waals surface area contributed by atoms with Crippen molar-refractivity contribution < 1.29 is 14.3 Å². The highest BCUT2D eigenvalue weighted by atomic mass is 16.5. The van der Waals surface area contributed by atoms with Gasteiger partial charge in [-0.2, -0.15) is 0 Å². The van der Waals surface area contributed by atoms with Crippen molar-refractivity contribution in [3.8, 4) is 11.5 Å². The van der Waals surface area contributed by atoms with E-state index >= 15 is 0 Å². The van der Waals surface area contributed by atoms with Crippen molar-refractivity contribution >= 4 is 5.91 Å². The van der Waals surface area contributed by atoms with Gasteiger partial charge < -0.3 is 20.5 Å². The Bertz CT molecular complexity index is 463. The molecule has 0 aliphatic carbocycles. The Morgan fingerprint density at radius 3 is 2.52 bits per heavy atom. The van der Waals surface area contributed by atoms with Crippen molar-refractivity contribution in [3.05, 3.63) is 23.8 Å². The minimum atomic E-state index is -0.451. The summed E-state index contributed by atoms with van der Waals surface area (Å²) in [5.74, 6) is 1.19. The molecule has 0 aromatic heterocycles. The van der Waals surface area contributed by atoms with Crippen LogP contribution in [0, 0.1) is 0 Å². The Labute approximate surface area is 126 Å². The van der Waals surface area contributed by atoms with E-state index < -0.39 is 6.04 Å². The zero-order valence-electron chi connectivity index (χ0n) is 13.3. The highest BCUT2D eigenvalue weighted by molar-refractivity contribution is 5.81. The lowest BCUT2D eigenvalue weighted by molar-refractivity contribution is -0.123. The molecule has 1 amide bonds. The van der Waals surface area contributed by atoms with Gasteiger partial charge in [-0.1, -0.05) is 25.8 Å². The molecule has 21 heavy (non-hydrogen) atoms. The van der Waals surface area contributed by atoms with Gasteiger partial charge in [0.15, 0.2) is 11.5 Å². The van der Waals surface area contributed by atoms with Crippen LogP contribution in [0.5, 0.6) is 11.5 Å². The fourth-order valence-corrected chi connectivity index (χ4v) is 2.08. The average Bonchev–Trinajstić information content (AvgIpc) is 2.51. The molecule has 3 N–H and O–H groups in total. The summed E-state index contributed by atoms with van der Waals surface area (Å²) in [4.78, 5) is 12.0. The van der Waals surface area contributed by atoms with Crippen molar-refractivity contribution in [1.82, 2.24) is 5.32 Å². The SMILES string of the molecule is CCCCC(N)C(=O)NC(C)c1ccc(OC)c(OC)c1. The second-order valence-corrected chi connectivity index (χ2v) is 5.09. The Hall–Kier alpha value is -1.75. The summed E-state index contributed by atoms with van der Waals surface area (Å²) in [5.41, 5.74) is 6.82. The quantitative estimate of drug-likeness (QED) is 0.772. The molecule has 2 unspecified atom stereocenters. The normalized spacial score (nSPS) is 13.4. The lowest BCUT2D eigenvalue weighted by Crippen LogP contribution is -2.41. The summed E-state index contributed by atoms with van der Waals surface area (Å²) >= 11 is 0. The second kappa shape index (κ2) is 8.52. The van der Waals surface area contributed by atoms with E-state index in [2.05, 4.69) is 12.2 Å². The predicted octanol–water partition coefficient (Wildman–Crippen LogP) is 2.40. The zero-order valence-corrected chi connectivity index (χ0v) is 13.3. The molecule has 5 nitrogen and oxygen atoms in total. The van der Waals surface area contributed by atoms with Crippen LogP contribution in [0.15, 0.2) is 18.2 Å². The van der Waals surface area contributed by atoms with E-state index in [1.54, 1.807) is 14.2 Å². The fraction of sp³-hybridized carbons (Fsp3) is 0.562. The van der Waals surface area contributed by atoms with Gasteiger partial charge >= 0.3 is 0 Å². The van der Waals surface area contributed by atoms with Crippen LogP contribution in [0.25, 0.3) is 0 Å². The average molecular weight is 294 g/mol. The molecular formula is C16H26N2O3. The number of carbonyl (C=O) groups is 1. The first-order valence-electron chi connectivity index (χ1n) is 7.31. The summed E-state index contributed by atoms with van der Waals surface area (Å²) in [5, 5.41) is 2.93. The second-order valence-electron chi connectivity index (χ2n) is 5.09. The number of benzene rings is 1. The van der Waals surface area contributed by atoms with Crippen LogP contribution in [0.1, 0.15) is 44.7 Å². The molecule has 1 aromatic carbocycles. The third-order valence-corrected chi connectivity index (χ3v) is 3.47. The lowest BCUT2D eigenvalue weighted by atomic mass is 10.1. The van der Waals surface area contributed by atoms with Crippen LogP contribution in [0.4, 0.5) is 0 Å². The van der Waals surface area contributed by atoms with Crippen LogP contribution in [0.2, 0.25) is 0 Å². The molecule has 118 valence electrons. The number of nitrogens with one attached hydrogen (secondary N) is 1. The van der Waals surface area contributed by atoms with Crippen LogP contribution in [-0.2, 0) is 4.79 Å². The Balaban J connectivity index is 2.70. The molecule has 2 atom stereocenters. The van der Waals surface area contributed by atoms with E-state index in [0.717, 1.165) is 18.4 Å². The monoisotopic (exact) mass is 294 g/mol. The molecule has 0 aliphatic heterocycles. The van der Waals surface area contributed by atoms with Crippen molar-refractivity contribution in [2.45, 2.75) is 45.2 Å². The van der Waals surface area contributed by atoms with Gasteiger partial charge in [-0.05, 0) is 31.0 Å². The molecule has 0 bridgehead atoms. The molecule has 0 fully saturated rings. The van der Waals surface area contributed by atoms with Crippen LogP contribution < -0.4 is 20.5 Å². The van der Waals surface area contributed by atoms with Gasteiger partial charge in [0.25, 0.3) is 0 Å². The van der Waals surface area contributed by atoms with Gasteiger partial charge in [0.2, 0.25) is 5.91 Å². The number of carbonyl (C=O) groups excluding carboxylic acids is 1. The third kappa shape index (κ3) is 4.93. The number of amides is 1. The topological polar surface area (TPSA) is 73.6 Å². The molecule has 0 aliphatic rings. The number of methoxy groups -OCH3 is 2. The van der Waals surface area contributed by atoms with Crippen molar-refractivity contribution in [3.63, 3.8) is 0 Å². The highest BCUT2D eigenvalue weighted by Crippen LogP contribution is 2.29. The molecule has 0 spiro atoms. The fourth-order valence-electron chi connectivity index (χ4n) is 2.08. The Morgan fingerprint density at radius 1 is 1.29 bits per heavy atom. The van der Waals surface area contributed by atoms with Crippen molar-refractivity contribution in [1.29, 1.82) is 0 Å². The Kier molecular flexibility index (Phi) is 7.02. The number of hydrogen-bond acceptors (Lipinski definition) is 4. The van der Waals surface area contributed by atoms with Gasteiger partial charge in [-0.3, -0.25) is 4.79 Å². The van der Waals surface area contributed by atoms with E-state index in [-0.39, 0.29) is 11.9 Å². The molecular weight excluding hydrogens is 268 g/mol. The maximum atomic E-state index is 12.0. The van der Waals surface area contributed by atoms with Crippen LogP contribution in [-0.4, -0.2) is 26.2 Å².